The van der Waals surface area contributed by atoms with Gasteiger partial charge in [-0.1, -0.05) is 48.5 Å². The van der Waals surface area contributed by atoms with Crippen molar-refractivity contribution >= 4 is 40.0 Å². The van der Waals surface area contributed by atoms with Crippen molar-refractivity contribution in [2.75, 3.05) is 20.0 Å². The number of ketones is 1. The molecule has 3 rings (SSSR count). The molecule has 0 amide bonds. The third kappa shape index (κ3) is 4.52. The summed E-state index contributed by atoms with van der Waals surface area (Å²) in [5, 5.41) is 0.0305. The average Bonchev–Trinajstić information content (AvgIpc) is 3.17. The second-order valence-electron chi connectivity index (χ2n) is 6.45. The van der Waals surface area contributed by atoms with E-state index in [1.807, 2.05) is 0 Å². The lowest BCUT2D eigenvalue weighted by Crippen LogP contribution is -2.15. The van der Waals surface area contributed by atoms with Crippen molar-refractivity contribution in [2.24, 2.45) is 0 Å². The highest BCUT2D eigenvalue weighted by Crippen LogP contribution is 2.33. The molecular weight excluding hydrogens is 434 g/mol. The van der Waals surface area contributed by atoms with Crippen molar-refractivity contribution in [3.05, 3.63) is 87.3 Å². The lowest BCUT2D eigenvalue weighted by molar-refractivity contribution is 0.0451. The maximum Gasteiger partial charge on any atom is 0.348 e. The van der Waals surface area contributed by atoms with Gasteiger partial charge in [-0.25, -0.2) is 14.4 Å². The van der Waals surface area contributed by atoms with Gasteiger partial charge in [-0.05, 0) is 6.07 Å². The van der Waals surface area contributed by atoms with Gasteiger partial charge in [0.1, 0.15) is 22.0 Å². The van der Waals surface area contributed by atoms with Crippen LogP contribution in [0.3, 0.4) is 0 Å². The van der Waals surface area contributed by atoms with Gasteiger partial charge in [0.15, 0.2) is 5.78 Å². The summed E-state index contributed by atoms with van der Waals surface area (Å²) in [5.74, 6) is -2.66. The Morgan fingerprint density at radius 3 is 2.03 bits per heavy atom. The Balaban J connectivity index is 1.91. The van der Waals surface area contributed by atoms with Crippen LogP contribution in [0.4, 0.5) is 5.00 Å². The Bertz CT molecular complexity index is 1180. The topological polar surface area (TPSA) is 122 Å². The standard InChI is InChI=1S/C23H19NO7S/c1-29-22(27)17-16(19(23(28)30-2)32-20(17)24)12-31-21(26)15-11-7-6-10-14(15)18(25)13-8-4-3-5-9-13/h3-11H,12,24H2,1-2H3. The maximum atomic E-state index is 12.9. The van der Waals surface area contributed by atoms with E-state index >= 15 is 0 Å². The molecule has 0 aliphatic heterocycles. The quantitative estimate of drug-likeness (QED) is 0.328. The van der Waals surface area contributed by atoms with Crippen molar-refractivity contribution in [3.8, 4) is 0 Å². The van der Waals surface area contributed by atoms with Crippen LogP contribution in [0.1, 0.15) is 51.9 Å². The van der Waals surface area contributed by atoms with Crippen LogP contribution in [-0.2, 0) is 20.8 Å². The molecule has 0 aliphatic carbocycles. The summed E-state index contributed by atoms with van der Waals surface area (Å²) in [6.07, 6.45) is 0. The van der Waals surface area contributed by atoms with Crippen LogP contribution in [-0.4, -0.2) is 37.9 Å². The zero-order valence-corrected chi connectivity index (χ0v) is 18.1. The number of ether oxygens (including phenoxy) is 3. The highest BCUT2D eigenvalue weighted by molar-refractivity contribution is 7.18. The van der Waals surface area contributed by atoms with Crippen LogP contribution in [0.2, 0.25) is 0 Å². The molecule has 0 saturated carbocycles. The second-order valence-corrected chi connectivity index (χ2v) is 7.50. The minimum Gasteiger partial charge on any atom is -0.465 e. The molecular formula is C23H19NO7S. The second kappa shape index (κ2) is 9.88. The fourth-order valence-corrected chi connectivity index (χ4v) is 4.00. The summed E-state index contributed by atoms with van der Waals surface area (Å²) < 4.78 is 14.8. The van der Waals surface area contributed by atoms with Gasteiger partial charge >= 0.3 is 17.9 Å². The molecule has 3 aromatic rings. The van der Waals surface area contributed by atoms with E-state index in [0.717, 1.165) is 11.3 Å². The fourth-order valence-electron chi connectivity index (χ4n) is 3.03. The number of nitrogens with two attached hydrogens (primary N) is 1. The predicted octanol–water partition coefficient (Wildman–Crippen LogP) is 3.49. The fraction of sp³-hybridized carbons (Fsp3) is 0.130. The van der Waals surface area contributed by atoms with E-state index in [4.69, 9.17) is 19.9 Å². The first kappa shape index (κ1) is 22.7. The number of carbonyl (C=O) groups is 4. The largest absolute Gasteiger partial charge is 0.465 e. The lowest BCUT2D eigenvalue weighted by atomic mass is 9.98. The SMILES string of the molecule is COC(=O)c1sc(N)c(C(=O)OC)c1COC(=O)c1ccccc1C(=O)c1ccccc1. The Labute approximate surface area is 187 Å². The third-order valence-corrected chi connectivity index (χ3v) is 5.61. The van der Waals surface area contributed by atoms with E-state index in [1.54, 1.807) is 42.5 Å². The highest BCUT2D eigenvalue weighted by atomic mass is 32.1. The van der Waals surface area contributed by atoms with Crippen LogP contribution in [0.15, 0.2) is 54.6 Å². The number of rotatable bonds is 7. The molecule has 1 heterocycles. The molecule has 8 nitrogen and oxygen atoms in total. The van der Waals surface area contributed by atoms with Crippen LogP contribution in [0.25, 0.3) is 0 Å². The zero-order chi connectivity index (χ0) is 23.3. The summed E-state index contributed by atoms with van der Waals surface area (Å²) in [4.78, 5) is 50.0. The summed E-state index contributed by atoms with van der Waals surface area (Å²) in [6, 6.07) is 14.7. The van der Waals surface area contributed by atoms with E-state index in [0.29, 0.717) is 5.56 Å². The number of methoxy groups -OCH3 is 2. The van der Waals surface area contributed by atoms with Crippen LogP contribution in [0, 0.1) is 0 Å². The zero-order valence-electron chi connectivity index (χ0n) is 17.2. The number of hydrogen-bond acceptors (Lipinski definition) is 9. The van der Waals surface area contributed by atoms with Crippen molar-refractivity contribution in [2.45, 2.75) is 6.61 Å². The Morgan fingerprint density at radius 2 is 1.41 bits per heavy atom. The molecule has 2 N–H and O–H groups in total. The van der Waals surface area contributed by atoms with Gasteiger partial charge in [-0.15, -0.1) is 11.3 Å². The molecule has 0 saturated heterocycles. The molecule has 0 fully saturated rings. The smallest absolute Gasteiger partial charge is 0.348 e. The summed E-state index contributed by atoms with van der Waals surface area (Å²) in [7, 11) is 2.34. The van der Waals surface area contributed by atoms with E-state index in [9.17, 15) is 19.2 Å². The van der Waals surface area contributed by atoms with E-state index < -0.39 is 24.5 Å². The monoisotopic (exact) mass is 453 g/mol. The lowest BCUT2D eigenvalue weighted by Gasteiger charge is -2.10. The number of nitrogen functional groups attached to an aromatic ring is 1. The summed E-state index contributed by atoms with van der Waals surface area (Å²) in [5.41, 5.74) is 6.51. The van der Waals surface area contributed by atoms with E-state index in [1.165, 1.54) is 26.4 Å². The van der Waals surface area contributed by atoms with Gasteiger partial charge < -0.3 is 19.9 Å². The van der Waals surface area contributed by atoms with Crippen molar-refractivity contribution in [1.29, 1.82) is 0 Å². The van der Waals surface area contributed by atoms with Crippen LogP contribution in [0.5, 0.6) is 0 Å². The summed E-state index contributed by atoms with van der Waals surface area (Å²) >= 11 is 0.827. The molecule has 1 aromatic heterocycles. The first-order chi connectivity index (χ1) is 15.4. The first-order valence-corrected chi connectivity index (χ1v) is 10.1. The summed E-state index contributed by atoms with van der Waals surface area (Å²) in [6.45, 7) is -0.449. The van der Waals surface area contributed by atoms with Crippen LogP contribution < -0.4 is 5.73 Å². The van der Waals surface area contributed by atoms with Crippen molar-refractivity contribution in [3.63, 3.8) is 0 Å². The van der Waals surface area contributed by atoms with Crippen LogP contribution >= 0.6 is 11.3 Å². The van der Waals surface area contributed by atoms with Gasteiger partial charge in [-0.3, -0.25) is 4.79 Å². The minimum atomic E-state index is -0.804. The predicted molar refractivity (Wildman–Crippen MR) is 117 cm³/mol. The molecule has 9 heteroatoms. The number of benzene rings is 2. The Hall–Kier alpha value is -3.98. The number of esters is 3. The number of anilines is 1. The van der Waals surface area contributed by atoms with Gasteiger partial charge in [0.25, 0.3) is 0 Å². The Kier molecular flexibility index (Phi) is 7.01. The average molecular weight is 453 g/mol. The molecule has 164 valence electrons. The van der Waals surface area contributed by atoms with Crippen molar-refractivity contribution < 1.29 is 33.4 Å². The molecule has 0 unspecified atom stereocenters. The van der Waals surface area contributed by atoms with Gasteiger partial charge in [0.05, 0.1) is 19.8 Å². The van der Waals surface area contributed by atoms with E-state index in [2.05, 4.69) is 0 Å². The highest BCUT2D eigenvalue weighted by Gasteiger charge is 2.28. The van der Waals surface area contributed by atoms with Crippen molar-refractivity contribution in [1.82, 2.24) is 0 Å². The number of hydrogen-bond donors (Lipinski definition) is 1. The number of thiophene rings is 1. The molecule has 0 bridgehead atoms. The molecule has 2 aromatic carbocycles. The number of carbonyl (C=O) groups excluding carboxylic acids is 4. The Morgan fingerprint density at radius 1 is 0.812 bits per heavy atom. The molecule has 0 radical (unpaired) electrons. The van der Waals surface area contributed by atoms with Gasteiger partial charge in [0.2, 0.25) is 0 Å². The molecule has 0 spiro atoms. The van der Waals surface area contributed by atoms with E-state index in [-0.39, 0.29) is 37.9 Å². The van der Waals surface area contributed by atoms with Gasteiger partial charge in [-0.2, -0.15) is 0 Å². The minimum absolute atomic E-state index is 0.0202. The maximum absolute atomic E-state index is 12.9. The third-order valence-electron chi connectivity index (χ3n) is 4.57. The molecule has 0 atom stereocenters. The molecule has 32 heavy (non-hydrogen) atoms. The molecule has 0 aliphatic rings. The first-order valence-electron chi connectivity index (χ1n) is 9.32. The van der Waals surface area contributed by atoms with Gasteiger partial charge in [0, 0.05) is 16.7 Å². The normalized spacial score (nSPS) is 10.3.